The van der Waals surface area contributed by atoms with E-state index in [1.165, 1.54) is 12.1 Å². The molecule has 2 amide bonds. The number of halogens is 1. The van der Waals surface area contributed by atoms with Gasteiger partial charge in [-0.1, -0.05) is 18.2 Å². The molecule has 144 valence electrons. The van der Waals surface area contributed by atoms with E-state index in [0.717, 1.165) is 37.2 Å². The van der Waals surface area contributed by atoms with Gasteiger partial charge in [0.05, 0.1) is 12.8 Å². The molecule has 1 N–H and O–H groups in total. The molecule has 1 aliphatic rings. The van der Waals surface area contributed by atoms with Gasteiger partial charge in [-0.05, 0) is 48.7 Å². The summed E-state index contributed by atoms with van der Waals surface area (Å²) in [5, 5.41) is 2.96. The molecule has 6 heteroatoms. The molecule has 2 aromatic rings. The van der Waals surface area contributed by atoms with E-state index in [0.29, 0.717) is 24.5 Å². The van der Waals surface area contributed by atoms with Crippen LogP contribution in [-0.2, 0) is 6.42 Å². The minimum Gasteiger partial charge on any atom is -0.495 e. The number of anilines is 1. The SMILES string of the molecule is COc1ccc(C)cc1NC(=O)N1CCN(CCc2ccc(F)cc2)CC1. The van der Waals surface area contributed by atoms with E-state index in [1.54, 1.807) is 7.11 Å². The zero-order chi connectivity index (χ0) is 19.2. The summed E-state index contributed by atoms with van der Waals surface area (Å²) in [4.78, 5) is 16.7. The maximum absolute atomic E-state index is 13.0. The minimum absolute atomic E-state index is 0.0999. The molecule has 5 nitrogen and oxygen atoms in total. The number of nitrogens with one attached hydrogen (secondary N) is 1. The summed E-state index contributed by atoms with van der Waals surface area (Å²) >= 11 is 0. The molecule has 0 atom stereocenters. The Balaban J connectivity index is 1.48. The smallest absolute Gasteiger partial charge is 0.322 e. The Morgan fingerprint density at radius 2 is 1.81 bits per heavy atom. The number of aryl methyl sites for hydroxylation is 1. The van der Waals surface area contributed by atoms with Gasteiger partial charge < -0.3 is 15.0 Å². The first-order valence-corrected chi connectivity index (χ1v) is 9.22. The largest absolute Gasteiger partial charge is 0.495 e. The number of ether oxygens (including phenoxy) is 1. The Hall–Kier alpha value is -2.60. The highest BCUT2D eigenvalue weighted by molar-refractivity contribution is 5.91. The van der Waals surface area contributed by atoms with Crippen LogP contribution >= 0.6 is 0 Å². The third-order valence-electron chi connectivity index (χ3n) is 4.89. The van der Waals surface area contributed by atoms with E-state index in [9.17, 15) is 9.18 Å². The monoisotopic (exact) mass is 371 g/mol. The van der Waals surface area contributed by atoms with Crippen LogP contribution in [0.25, 0.3) is 0 Å². The lowest BCUT2D eigenvalue weighted by Gasteiger charge is -2.34. The van der Waals surface area contributed by atoms with Gasteiger partial charge in [0.2, 0.25) is 0 Å². The molecule has 1 fully saturated rings. The van der Waals surface area contributed by atoms with Gasteiger partial charge in [0.25, 0.3) is 0 Å². The zero-order valence-corrected chi connectivity index (χ0v) is 15.9. The first kappa shape index (κ1) is 19.2. The third-order valence-corrected chi connectivity index (χ3v) is 4.89. The van der Waals surface area contributed by atoms with Crippen molar-refractivity contribution < 1.29 is 13.9 Å². The predicted molar refractivity (Wildman–Crippen MR) is 105 cm³/mol. The molecular weight excluding hydrogens is 345 g/mol. The molecule has 0 aliphatic carbocycles. The standard InChI is InChI=1S/C21H26FN3O2/c1-16-3-8-20(27-2)19(15-16)23-21(26)25-13-11-24(12-14-25)10-9-17-4-6-18(22)7-5-17/h3-8,15H,9-14H2,1-2H3,(H,23,26). The van der Waals surface area contributed by atoms with Crippen molar-refractivity contribution in [2.75, 3.05) is 45.2 Å². The molecule has 0 unspecified atom stereocenters. The van der Waals surface area contributed by atoms with Crippen molar-refractivity contribution in [3.05, 3.63) is 59.4 Å². The molecule has 0 spiro atoms. The van der Waals surface area contributed by atoms with Crippen LogP contribution in [0.4, 0.5) is 14.9 Å². The highest BCUT2D eigenvalue weighted by Crippen LogP contribution is 2.25. The predicted octanol–water partition coefficient (Wildman–Crippen LogP) is 3.53. The number of carbonyl (C=O) groups excluding carboxylic acids is 1. The van der Waals surface area contributed by atoms with Crippen molar-refractivity contribution in [2.24, 2.45) is 0 Å². The molecule has 0 bridgehead atoms. The third kappa shape index (κ3) is 5.20. The number of hydrogen-bond acceptors (Lipinski definition) is 3. The highest BCUT2D eigenvalue weighted by Gasteiger charge is 2.21. The Bertz CT molecular complexity index is 771. The van der Waals surface area contributed by atoms with Crippen molar-refractivity contribution in [1.29, 1.82) is 0 Å². The maximum atomic E-state index is 13.0. The zero-order valence-electron chi connectivity index (χ0n) is 15.9. The fourth-order valence-corrected chi connectivity index (χ4v) is 3.23. The molecule has 0 aromatic heterocycles. The lowest BCUT2D eigenvalue weighted by molar-refractivity contribution is 0.148. The molecule has 3 rings (SSSR count). The van der Waals surface area contributed by atoms with Gasteiger partial charge in [-0.25, -0.2) is 9.18 Å². The second kappa shape index (κ2) is 8.86. The number of methoxy groups -OCH3 is 1. The maximum Gasteiger partial charge on any atom is 0.322 e. The Morgan fingerprint density at radius 1 is 1.11 bits per heavy atom. The van der Waals surface area contributed by atoms with Crippen molar-refractivity contribution >= 4 is 11.7 Å². The van der Waals surface area contributed by atoms with E-state index in [1.807, 2.05) is 42.2 Å². The Morgan fingerprint density at radius 3 is 2.48 bits per heavy atom. The number of rotatable bonds is 5. The van der Waals surface area contributed by atoms with Crippen LogP contribution in [0.3, 0.4) is 0 Å². The summed E-state index contributed by atoms with van der Waals surface area (Å²) in [7, 11) is 1.60. The normalized spacial score (nSPS) is 14.9. The molecule has 2 aromatic carbocycles. The van der Waals surface area contributed by atoms with Crippen molar-refractivity contribution in [2.45, 2.75) is 13.3 Å². The molecule has 27 heavy (non-hydrogen) atoms. The fraction of sp³-hybridized carbons (Fsp3) is 0.381. The van der Waals surface area contributed by atoms with E-state index in [2.05, 4.69) is 10.2 Å². The van der Waals surface area contributed by atoms with Crippen LogP contribution in [0, 0.1) is 12.7 Å². The molecule has 0 radical (unpaired) electrons. The van der Waals surface area contributed by atoms with Crippen LogP contribution in [0.15, 0.2) is 42.5 Å². The van der Waals surface area contributed by atoms with Crippen molar-refractivity contribution in [3.63, 3.8) is 0 Å². The molecule has 1 saturated heterocycles. The average Bonchev–Trinajstić information content (AvgIpc) is 2.68. The van der Waals surface area contributed by atoms with E-state index in [4.69, 9.17) is 4.74 Å². The number of nitrogens with zero attached hydrogens (tertiary/aromatic N) is 2. The number of benzene rings is 2. The summed E-state index contributed by atoms with van der Waals surface area (Å²) in [5.74, 6) is 0.454. The number of urea groups is 1. The van der Waals surface area contributed by atoms with Crippen LogP contribution in [-0.4, -0.2) is 55.7 Å². The Kier molecular flexibility index (Phi) is 6.29. The minimum atomic E-state index is -0.205. The van der Waals surface area contributed by atoms with Gasteiger partial charge in [-0.2, -0.15) is 0 Å². The lowest BCUT2D eigenvalue weighted by Crippen LogP contribution is -2.50. The summed E-state index contributed by atoms with van der Waals surface area (Å²) in [6.45, 7) is 5.92. The van der Waals surface area contributed by atoms with Gasteiger partial charge in [0.1, 0.15) is 11.6 Å². The average molecular weight is 371 g/mol. The van der Waals surface area contributed by atoms with Gasteiger partial charge in [-0.15, -0.1) is 0 Å². The van der Waals surface area contributed by atoms with Gasteiger partial charge >= 0.3 is 6.03 Å². The van der Waals surface area contributed by atoms with E-state index >= 15 is 0 Å². The van der Waals surface area contributed by atoms with Crippen LogP contribution in [0.5, 0.6) is 5.75 Å². The molecule has 1 heterocycles. The van der Waals surface area contributed by atoms with E-state index in [-0.39, 0.29) is 11.8 Å². The van der Waals surface area contributed by atoms with Crippen LogP contribution < -0.4 is 10.1 Å². The first-order valence-electron chi connectivity index (χ1n) is 9.22. The number of carbonyl (C=O) groups is 1. The first-order chi connectivity index (χ1) is 13.0. The molecular formula is C21H26FN3O2. The van der Waals surface area contributed by atoms with Crippen LogP contribution in [0.2, 0.25) is 0 Å². The summed E-state index contributed by atoms with van der Waals surface area (Å²) in [6, 6.07) is 12.3. The van der Waals surface area contributed by atoms with Crippen molar-refractivity contribution in [3.8, 4) is 5.75 Å². The second-order valence-electron chi connectivity index (χ2n) is 6.84. The number of amides is 2. The molecule has 1 aliphatic heterocycles. The van der Waals surface area contributed by atoms with Gasteiger partial charge in [-0.3, -0.25) is 4.90 Å². The Labute approximate surface area is 159 Å². The quantitative estimate of drug-likeness (QED) is 0.874. The number of piperazine rings is 1. The second-order valence-corrected chi connectivity index (χ2v) is 6.84. The number of hydrogen-bond donors (Lipinski definition) is 1. The topological polar surface area (TPSA) is 44.8 Å². The van der Waals surface area contributed by atoms with Crippen LogP contribution in [0.1, 0.15) is 11.1 Å². The lowest BCUT2D eigenvalue weighted by atomic mass is 10.1. The van der Waals surface area contributed by atoms with Crippen molar-refractivity contribution in [1.82, 2.24) is 9.80 Å². The molecule has 0 saturated carbocycles. The summed E-state index contributed by atoms with van der Waals surface area (Å²) < 4.78 is 18.3. The summed E-state index contributed by atoms with van der Waals surface area (Å²) in [5.41, 5.74) is 2.89. The summed E-state index contributed by atoms with van der Waals surface area (Å²) in [6.07, 6.45) is 0.882. The van der Waals surface area contributed by atoms with Gasteiger partial charge in [0.15, 0.2) is 0 Å². The highest BCUT2D eigenvalue weighted by atomic mass is 19.1. The van der Waals surface area contributed by atoms with E-state index < -0.39 is 0 Å². The fourth-order valence-electron chi connectivity index (χ4n) is 3.23. The van der Waals surface area contributed by atoms with Gasteiger partial charge in [0, 0.05) is 32.7 Å².